The maximum absolute atomic E-state index is 12.2. The van der Waals surface area contributed by atoms with Crippen LogP contribution in [0.25, 0.3) is 0 Å². The summed E-state index contributed by atoms with van der Waals surface area (Å²) in [4.78, 5) is 36.4. The van der Waals surface area contributed by atoms with Crippen molar-refractivity contribution in [1.29, 1.82) is 0 Å². The van der Waals surface area contributed by atoms with Gasteiger partial charge in [-0.25, -0.2) is 0 Å². The fraction of sp³-hybridized carbons (Fsp3) is 0.824. The molecule has 0 aromatic heterocycles. The summed E-state index contributed by atoms with van der Waals surface area (Å²) in [6.07, 6.45) is 9.29. The Balaban J connectivity index is 1.99. The number of rotatable bonds is 4. The van der Waals surface area contributed by atoms with Gasteiger partial charge in [0.2, 0.25) is 0 Å². The molecule has 3 heteroatoms. The van der Waals surface area contributed by atoms with Gasteiger partial charge in [-0.1, -0.05) is 45.4 Å². The summed E-state index contributed by atoms with van der Waals surface area (Å²) < 4.78 is 0. The Bertz CT molecular complexity index is 360. The van der Waals surface area contributed by atoms with Crippen LogP contribution >= 0.6 is 0 Å². The molecule has 0 unspecified atom stereocenters. The molecule has 2 rings (SSSR count). The normalized spacial score (nSPS) is 29.2. The van der Waals surface area contributed by atoms with Crippen LogP contribution in [0.5, 0.6) is 0 Å². The van der Waals surface area contributed by atoms with Gasteiger partial charge in [0.25, 0.3) is 0 Å². The lowest BCUT2D eigenvalue weighted by atomic mass is 9.71. The number of hydrogen-bond donors (Lipinski definition) is 0. The molecule has 0 radical (unpaired) electrons. The van der Waals surface area contributed by atoms with Crippen LogP contribution in [0.15, 0.2) is 0 Å². The maximum Gasteiger partial charge on any atom is 0.151 e. The van der Waals surface area contributed by atoms with E-state index in [1.165, 1.54) is 25.7 Å². The molecule has 2 aliphatic carbocycles. The fourth-order valence-electron chi connectivity index (χ4n) is 3.87. The van der Waals surface area contributed by atoms with Crippen molar-refractivity contribution >= 4 is 17.3 Å². The van der Waals surface area contributed by atoms with Gasteiger partial charge < -0.3 is 0 Å². The van der Waals surface area contributed by atoms with Gasteiger partial charge in [-0.2, -0.15) is 0 Å². The van der Waals surface area contributed by atoms with Gasteiger partial charge in [0.05, 0.1) is 0 Å². The molecule has 0 amide bonds. The molecule has 0 N–H and O–H groups in total. The highest BCUT2D eigenvalue weighted by Crippen LogP contribution is 2.37. The van der Waals surface area contributed by atoms with E-state index in [4.69, 9.17) is 0 Å². The molecule has 2 saturated carbocycles. The first-order valence-corrected chi connectivity index (χ1v) is 8.21. The zero-order valence-electron chi connectivity index (χ0n) is 12.5. The summed E-state index contributed by atoms with van der Waals surface area (Å²) >= 11 is 0. The molecule has 2 aliphatic rings. The summed E-state index contributed by atoms with van der Waals surface area (Å²) in [6, 6.07) is 0. The van der Waals surface area contributed by atoms with Crippen molar-refractivity contribution < 1.29 is 14.4 Å². The molecule has 2 fully saturated rings. The van der Waals surface area contributed by atoms with Crippen LogP contribution in [0.4, 0.5) is 0 Å². The smallest absolute Gasteiger partial charge is 0.151 e. The molecule has 3 nitrogen and oxygen atoms in total. The Morgan fingerprint density at radius 2 is 1.50 bits per heavy atom. The van der Waals surface area contributed by atoms with Crippen molar-refractivity contribution in [3.05, 3.63) is 0 Å². The number of carbonyl (C=O) groups excluding carboxylic acids is 3. The highest BCUT2D eigenvalue weighted by Gasteiger charge is 2.41. The summed E-state index contributed by atoms with van der Waals surface area (Å²) in [5.74, 6) is -0.548. The molecular weight excluding hydrogens is 252 g/mol. The van der Waals surface area contributed by atoms with Crippen molar-refractivity contribution in [2.45, 2.75) is 71.1 Å². The molecule has 0 aromatic rings. The first-order valence-electron chi connectivity index (χ1n) is 8.21. The van der Waals surface area contributed by atoms with E-state index in [0.29, 0.717) is 31.6 Å². The van der Waals surface area contributed by atoms with E-state index >= 15 is 0 Å². The van der Waals surface area contributed by atoms with Crippen molar-refractivity contribution in [1.82, 2.24) is 0 Å². The Labute approximate surface area is 121 Å². The second-order valence-electron chi connectivity index (χ2n) is 6.50. The average Bonchev–Trinajstić information content (AvgIpc) is 2.66. The van der Waals surface area contributed by atoms with E-state index in [-0.39, 0.29) is 23.3 Å². The Morgan fingerprint density at radius 3 is 2.00 bits per heavy atom. The first-order chi connectivity index (χ1) is 9.63. The molecule has 0 aliphatic heterocycles. The van der Waals surface area contributed by atoms with Gasteiger partial charge in [-0.3, -0.25) is 14.4 Å². The zero-order chi connectivity index (χ0) is 14.5. The zero-order valence-corrected chi connectivity index (χ0v) is 12.5. The molecule has 0 atom stereocenters. The lowest BCUT2D eigenvalue weighted by Crippen LogP contribution is -2.40. The van der Waals surface area contributed by atoms with Crippen molar-refractivity contribution in [3.8, 4) is 0 Å². The monoisotopic (exact) mass is 278 g/mol. The van der Waals surface area contributed by atoms with E-state index in [0.717, 1.165) is 12.8 Å². The summed E-state index contributed by atoms with van der Waals surface area (Å²) in [5.41, 5.74) is 0. The van der Waals surface area contributed by atoms with Gasteiger partial charge >= 0.3 is 0 Å². The average molecular weight is 278 g/mol. The summed E-state index contributed by atoms with van der Waals surface area (Å²) in [6.45, 7) is 1.91. The van der Waals surface area contributed by atoms with Gasteiger partial charge in [0.15, 0.2) is 17.3 Å². The molecule has 20 heavy (non-hydrogen) atoms. The number of Topliss-reactive ketones (excluding diaryl/α,β-unsaturated/α-hetero) is 3. The van der Waals surface area contributed by atoms with Crippen LogP contribution in [-0.4, -0.2) is 17.3 Å². The minimum absolute atomic E-state index is 0.103. The van der Waals surface area contributed by atoms with E-state index in [1.54, 1.807) is 0 Å². The largest absolute Gasteiger partial charge is 0.298 e. The van der Waals surface area contributed by atoms with E-state index < -0.39 is 5.92 Å². The third kappa shape index (κ3) is 3.56. The second kappa shape index (κ2) is 7.14. The standard InChI is InChI=1S/C17H26O3/c1-2-7-14(18)17-15(19)10-13(11-16(17)20)12-8-5-3-4-6-9-12/h12-13,17H,2-11H2,1H3. The van der Waals surface area contributed by atoms with Crippen LogP contribution in [0, 0.1) is 17.8 Å². The molecule has 112 valence electrons. The van der Waals surface area contributed by atoms with Crippen LogP contribution in [0.3, 0.4) is 0 Å². The fourth-order valence-corrected chi connectivity index (χ4v) is 3.87. The Hall–Kier alpha value is -0.990. The summed E-state index contributed by atoms with van der Waals surface area (Å²) in [7, 11) is 0. The lowest BCUT2D eigenvalue weighted by Gasteiger charge is -2.31. The number of hydrogen-bond acceptors (Lipinski definition) is 3. The van der Waals surface area contributed by atoms with Crippen LogP contribution in [0.1, 0.15) is 71.1 Å². The predicted molar refractivity (Wildman–Crippen MR) is 77.3 cm³/mol. The van der Waals surface area contributed by atoms with Crippen LogP contribution < -0.4 is 0 Å². The SMILES string of the molecule is CCCC(=O)C1C(=O)CC(C2CCCCCC2)CC1=O. The highest BCUT2D eigenvalue weighted by atomic mass is 16.2. The Morgan fingerprint density at radius 1 is 0.950 bits per heavy atom. The van der Waals surface area contributed by atoms with Crippen molar-refractivity contribution in [3.63, 3.8) is 0 Å². The van der Waals surface area contributed by atoms with E-state index in [9.17, 15) is 14.4 Å². The molecule has 0 aromatic carbocycles. The van der Waals surface area contributed by atoms with Gasteiger partial charge in [-0.15, -0.1) is 0 Å². The quantitative estimate of drug-likeness (QED) is 0.584. The Kier molecular flexibility index (Phi) is 5.50. The molecule has 0 heterocycles. The van der Waals surface area contributed by atoms with Crippen molar-refractivity contribution in [2.75, 3.05) is 0 Å². The minimum Gasteiger partial charge on any atom is -0.298 e. The number of ketones is 3. The second-order valence-corrected chi connectivity index (χ2v) is 6.50. The van der Waals surface area contributed by atoms with E-state index in [1.807, 2.05) is 6.92 Å². The van der Waals surface area contributed by atoms with E-state index in [2.05, 4.69) is 0 Å². The van der Waals surface area contributed by atoms with Crippen molar-refractivity contribution in [2.24, 2.45) is 17.8 Å². The van der Waals surface area contributed by atoms with Gasteiger partial charge in [-0.05, 0) is 18.3 Å². The predicted octanol–water partition coefficient (Wildman–Crippen LogP) is 3.49. The van der Waals surface area contributed by atoms with Gasteiger partial charge in [0, 0.05) is 19.3 Å². The molecule has 0 bridgehead atoms. The lowest BCUT2D eigenvalue weighted by molar-refractivity contribution is -0.144. The minimum atomic E-state index is -0.919. The molecule has 0 saturated heterocycles. The third-order valence-electron chi connectivity index (χ3n) is 4.96. The first kappa shape index (κ1) is 15.4. The third-order valence-corrected chi connectivity index (χ3v) is 4.96. The molecule has 0 spiro atoms. The summed E-state index contributed by atoms with van der Waals surface area (Å²) in [5, 5.41) is 0. The van der Waals surface area contributed by atoms with Crippen LogP contribution in [-0.2, 0) is 14.4 Å². The highest BCUT2D eigenvalue weighted by molar-refractivity contribution is 6.20. The topological polar surface area (TPSA) is 51.2 Å². The van der Waals surface area contributed by atoms with Gasteiger partial charge in [0.1, 0.15) is 5.92 Å². The number of carbonyl (C=O) groups is 3. The van der Waals surface area contributed by atoms with Crippen LogP contribution in [0.2, 0.25) is 0 Å². The molecular formula is C17H26O3. The maximum atomic E-state index is 12.2.